The van der Waals surface area contributed by atoms with Gasteiger partial charge in [-0.15, -0.1) is 0 Å². The zero-order valence-corrected chi connectivity index (χ0v) is 11.1. The van der Waals surface area contributed by atoms with Gasteiger partial charge in [0.25, 0.3) is 0 Å². The number of benzene rings is 1. The van der Waals surface area contributed by atoms with E-state index < -0.39 is 0 Å². The van der Waals surface area contributed by atoms with E-state index in [0.717, 1.165) is 10.5 Å². The number of ether oxygens (including phenoxy) is 1. The molecule has 0 N–H and O–H groups in total. The Balaban J connectivity index is 2.39. The molecule has 2 atom stereocenters. The van der Waals surface area contributed by atoms with E-state index in [4.69, 9.17) is 9.16 Å². The van der Waals surface area contributed by atoms with E-state index >= 15 is 0 Å². The highest BCUT2D eigenvalue weighted by molar-refractivity contribution is 5.98. The SMILES string of the molecule is CC(O[SiH3])OCC(C)c1ccccc1. The molecule has 1 aromatic rings. The van der Waals surface area contributed by atoms with Crippen LogP contribution in [0.5, 0.6) is 0 Å². The maximum absolute atomic E-state index is 5.52. The molecule has 78 valence electrons. The van der Waals surface area contributed by atoms with Crippen LogP contribution in [0.3, 0.4) is 0 Å². The maximum atomic E-state index is 5.52. The second-order valence-corrected chi connectivity index (χ2v) is 3.92. The van der Waals surface area contributed by atoms with Crippen molar-refractivity contribution in [2.45, 2.75) is 26.1 Å². The fraction of sp³-hybridized carbons (Fsp3) is 0.455. The monoisotopic (exact) mass is 210 g/mol. The summed E-state index contributed by atoms with van der Waals surface area (Å²) < 4.78 is 10.7. The average Bonchev–Trinajstić information content (AvgIpc) is 2.26. The van der Waals surface area contributed by atoms with Crippen molar-refractivity contribution in [1.29, 1.82) is 0 Å². The number of hydrogen-bond acceptors (Lipinski definition) is 2. The van der Waals surface area contributed by atoms with Crippen LogP contribution in [0.1, 0.15) is 25.3 Å². The Labute approximate surface area is 88.8 Å². The summed E-state index contributed by atoms with van der Waals surface area (Å²) in [4.78, 5) is 0. The summed E-state index contributed by atoms with van der Waals surface area (Å²) in [5.74, 6) is 0.426. The summed E-state index contributed by atoms with van der Waals surface area (Å²) in [7, 11) is 0.728. The standard InChI is InChI=1S/C11H18O2Si/c1-9(8-12-10(2)13-14)11-6-4-3-5-7-11/h3-7,9-10H,8H2,1-2,14H3. The molecule has 0 amide bonds. The Morgan fingerprint density at radius 3 is 2.43 bits per heavy atom. The summed E-state index contributed by atoms with van der Waals surface area (Å²) in [6.07, 6.45) is -0.0622. The molecular formula is C11H18O2Si. The molecule has 0 saturated carbocycles. The van der Waals surface area contributed by atoms with E-state index in [2.05, 4.69) is 31.2 Å². The minimum atomic E-state index is -0.0622. The zero-order valence-electron chi connectivity index (χ0n) is 9.07. The van der Waals surface area contributed by atoms with Crippen molar-refractivity contribution in [2.75, 3.05) is 6.61 Å². The quantitative estimate of drug-likeness (QED) is 0.541. The molecule has 1 rings (SSSR count). The Morgan fingerprint density at radius 1 is 1.21 bits per heavy atom. The van der Waals surface area contributed by atoms with Gasteiger partial charge in [0.2, 0.25) is 0 Å². The summed E-state index contributed by atoms with van der Waals surface area (Å²) in [6.45, 7) is 4.81. The molecule has 0 aliphatic heterocycles. The first-order chi connectivity index (χ1) is 6.74. The molecule has 0 aliphatic rings. The zero-order chi connectivity index (χ0) is 10.4. The van der Waals surface area contributed by atoms with Crippen LogP contribution in [0, 0.1) is 0 Å². The van der Waals surface area contributed by atoms with Crippen molar-refractivity contribution in [2.24, 2.45) is 0 Å². The molecule has 0 heterocycles. The second-order valence-electron chi connectivity index (χ2n) is 3.45. The van der Waals surface area contributed by atoms with Gasteiger partial charge < -0.3 is 9.16 Å². The fourth-order valence-corrected chi connectivity index (χ4v) is 1.36. The van der Waals surface area contributed by atoms with Crippen molar-refractivity contribution >= 4 is 10.5 Å². The van der Waals surface area contributed by atoms with Crippen molar-refractivity contribution in [3.05, 3.63) is 35.9 Å². The summed E-state index contributed by atoms with van der Waals surface area (Å²) in [6, 6.07) is 10.4. The van der Waals surface area contributed by atoms with Crippen molar-refractivity contribution < 1.29 is 9.16 Å². The third-order valence-electron chi connectivity index (χ3n) is 2.28. The van der Waals surface area contributed by atoms with E-state index in [1.54, 1.807) is 0 Å². The second kappa shape index (κ2) is 5.96. The van der Waals surface area contributed by atoms with Crippen molar-refractivity contribution in [1.82, 2.24) is 0 Å². The summed E-state index contributed by atoms with van der Waals surface area (Å²) >= 11 is 0. The number of rotatable bonds is 5. The summed E-state index contributed by atoms with van der Waals surface area (Å²) in [5.41, 5.74) is 1.31. The number of hydrogen-bond donors (Lipinski definition) is 0. The van der Waals surface area contributed by atoms with E-state index in [1.807, 2.05) is 13.0 Å². The lowest BCUT2D eigenvalue weighted by Crippen LogP contribution is -2.15. The molecule has 2 unspecified atom stereocenters. The first kappa shape index (κ1) is 11.4. The minimum absolute atomic E-state index is 0.0622. The van der Waals surface area contributed by atoms with Gasteiger partial charge in [0.05, 0.1) is 6.61 Å². The predicted molar refractivity (Wildman–Crippen MR) is 61.3 cm³/mol. The Kier molecular flexibility index (Phi) is 4.86. The first-order valence-corrected chi connectivity index (χ1v) is 5.75. The molecule has 3 heteroatoms. The Morgan fingerprint density at radius 2 is 1.86 bits per heavy atom. The van der Waals surface area contributed by atoms with Crippen LogP contribution in [-0.4, -0.2) is 23.4 Å². The molecule has 2 nitrogen and oxygen atoms in total. The molecule has 1 aromatic carbocycles. The van der Waals surface area contributed by atoms with Crippen molar-refractivity contribution in [3.8, 4) is 0 Å². The lowest BCUT2D eigenvalue weighted by atomic mass is 10.0. The molecular weight excluding hydrogens is 192 g/mol. The normalized spacial score (nSPS) is 15.3. The minimum Gasteiger partial charge on any atom is -0.404 e. The van der Waals surface area contributed by atoms with Gasteiger partial charge in [-0.1, -0.05) is 37.3 Å². The van der Waals surface area contributed by atoms with Crippen LogP contribution < -0.4 is 0 Å². The average molecular weight is 210 g/mol. The fourth-order valence-electron chi connectivity index (χ4n) is 1.23. The molecule has 0 bridgehead atoms. The third kappa shape index (κ3) is 3.62. The van der Waals surface area contributed by atoms with Crippen LogP contribution in [0.2, 0.25) is 0 Å². The highest BCUT2D eigenvalue weighted by atomic mass is 28.2. The van der Waals surface area contributed by atoms with E-state index in [9.17, 15) is 0 Å². The van der Waals surface area contributed by atoms with E-state index in [0.29, 0.717) is 12.5 Å². The topological polar surface area (TPSA) is 18.5 Å². The van der Waals surface area contributed by atoms with Gasteiger partial charge in [0.1, 0.15) is 16.8 Å². The van der Waals surface area contributed by atoms with E-state index in [-0.39, 0.29) is 6.29 Å². The van der Waals surface area contributed by atoms with Gasteiger partial charge in [-0.05, 0) is 12.5 Å². The molecule has 0 radical (unpaired) electrons. The Hall–Kier alpha value is -0.643. The lowest BCUT2D eigenvalue weighted by molar-refractivity contribution is -0.0667. The maximum Gasteiger partial charge on any atom is 0.149 e. The Bertz CT molecular complexity index is 251. The smallest absolute Gasteiger partial charge is 0.149 e. The molecule has 0 fully saturated rings. The first-order valence-electron chi connectivity index (χ1n) is 4.93. The third-order valence-corrected chi connectivity index (χ3v) is 2.95. The molecule has 0 spiro atoms. The summed E-state index contributed by atoms with van der Waals surface area (Å²) in [5, 5.41) is 0. The van der Waals surface area contributed by atoms with Crippen LogP contribution in [0.15, 0.2) is 30.3 Å². The lowest BCUT2D eigenvalue weighted by Gasteiger charge is -2.16. The van der Waals surface area contributed by atoms with Gasteiger partial charge >= 0.3 is 0 Å². The predicted octanol–water partition coefficient (Wildman–Crippen LogP) is 1.45. The molecule has 14 heavy (non-hydrogen) atoms. The van der Waals surface area contributed by atoms with Crippen LogP contribution in [0.4, 0.5) is 0 Å². The van der Waals surface area contributed by atoms with E-state index in [1.165, 1.54) is 5.56 Å². The van der Waals surface area contributed by atoms with Gasteiger partial charge in [-0.2, -0.15) is 0 Å². The van der Waals surface area contributed by atoms with Crippen molar-refractivity contribution in [3.63, 3.8) is 0 Å². The van der Waals surface area contributed by atoms with Gasteiger partial charge in [0.15, 0.2) is 0 Å². The molecule has 0 aliphatic carbocycles. The van der Waals surface area contributed by atoms with Gasteiger partial charge in [-0.3, -0.25) is 0 Å². The largest absolute Gasteiger partial charge is 0.404 e. The molecule has 0 saturated heterocycles. The highest BCUT2D eigenvalue weighted by Crippen LogP contribution is 2.15. The van der Waals surface area contributed by atoms with Crippen LogP contribution in [-0.2, 0) is 9.16 Å². The molecule has 0 aromatic heterocycles. The van der Waals surface area contributed by atoms with Crippen LogP contribution >= 0.6 is 0 Å². The van der Waals surface area contributed by atoms with Gasteiger partial charge in [-0.25, -0.2) is 0 Å². The van der Waals surface area contributed by atoms with Crippen LogP contribution in [0.25, 0.3) is 0 Å². The highest BCUT2D eigenvalue weighted by Gasteiger charge is 2.06. The van der Waals surface area contributed by atoms with Gasteiger partial charge in [0, 0.05) is 5.92 Å².